The summed E-state index contributed by atoms with van der Waals surface area (Å²) >= 11 is 0. The first-order chi connectivity index (χ1) is 41.5. The van der Waals surface area contributed by atoms with Gasteiger partial charge in [-0.05, 0) is 159 Å². The molecule has 4 aromatic carbocycles. The zero-order valence-corrected chi connectivity index (χ0v) is 46.0. The largest absolute Gasteiger partial charge is 0.492 e. The van der Waals surface area contributed by atoms with Gasteiger partial charge in [0, 0.05) is 53.9 Å². The van der Waals surface area contributed by atoms with Gasteiger partial charge in [-0.25, -0.2) is 15.0 Å². The molecular weight excluding hydrogens is 1040 g/mol. The van der Waals surface area contributed by atoms with Crippen molar-refractivity contribution in [3.63, 3.8) is 0 Å². The van der Waals surface area contributed by atoms with Gasteiger partial charge in [-0.2, -0.15) is 0 Å². The Morgan fingerprint density at radius 2 is 0.417 bits per heavy atom. The summed E-state index contributed by atoms with van der Waals surface area (Å²) < 4.78 is 19.3. The van der Waals surface area contributed by atoms with Gasteiger partial charge in [-0.1, -0.05) is 109 Å². The second-order valence-electron chi connectivity index (χ2n) is 19.6. The maximum absolute atomic E-state index is 6.48. The normalized spacial score (nSPS) is 11.0. The molecule has 0 spiro atoms. The summed E-state index contributed by atoms with van der Waals surface area (Å²) in [6, 6.07) is 73.0. The standard InChI is InChI=1S/C72H51N9O3/c1-82-70-68(50-30-24-47(25-31-50)53-42-63(57-18-6-12-36-75-57)80-64(43-53)58-19-7-13-37-76-58)67(49-28-22-46(23-29-49)52-40-61(55-16-4-10-34-73-55)79-62(41-52)56-17-5-11-35-74-56)69(71(83-2)72(70)84-3)51-32-26-48(27-33-51)54-44-65(59-20-8-14-38-77-59)81-66(45-54)60-21-9-15-39-78-60/h4-45H,1-3H3. The molecule has 0 bridgehead atoms. The average molecular weight is 1090 g/mol. The minimum atomic E-state index is 0.447. The van der Waals surface area contributed by atoms with Gasteiger partial charge in [-0.3, -0.25) is 29.9 Å². The topological polar surface area (TPSA) is 144 Å². The lowest BCUT2D eigenvalue weighted by molar-refractivity contribution is 0.326. The predicted octanol–water partition coefficient (Wildman–Crippen LogP) is 16.3. The summed E-state index contributed by atoms with van der Waals surface area (Å²) in [5.74, 6) is 1.47. The Kier molecular flexibility index (Phi) is 14.5. The fourth-order valence-corrected chi connectivity index (χ4v) is 10.5. The molecule has 0 aliphatic carbocycles. The molecule has 0 unspecified atom stereocenters. The van der Waals surface area contributed by atoms with E-state index in [1.165, 1.54) is 0 Å². The van der Waals surface area contributed by atoms with Crippen LogP contribution >= 0.6 is 0 Å². The Hall–Kier alpha value is -11.4. The zero-order chi connectivity index (χ0) is 56.8. The van der Waals surface area contributed by atoms with E-state index in [2.05, 4.69) is 139 Å². The van der Waals surface area contributed by atoms with Gasteiger partial charge in [0.15, 0.2) is 11.5 Å². The van der Waals surface area contributed by atoms with Gasteiger partial charge >= 0.3 is 0 Å². The molecule has 12 heteroatoms. The highest BCUT2D eigenvalue weighted by Gasteiger charge is 2.30. The van der Waals surface area contributed by atoms with Crippen molar-refractivity contribution in [2.75, 3.05) is 21.3 Å². The fraction of sp³-hybridized carbons (Fsp3) is 0.0417. The van der Waals surface area contributed by atoms with Crippen LogP contribution in [0, 0.1) is 0 Å². The number of pyridine rings is 9. The number of hydrogen-bond donors (Lipinski definition) is 0. The fourth-order valence-electron chi connectivity index (χ4n) is 10.5. The number of benzene rings is 4. The summed E-state index contributed by atoms with van der Waals surface area (Å²) in [4.78, 5) is 43.1. The third-order valence-corrected chi connectivity index (χ3v) is 14.5. The number of rotatable bonds is 15. The molecule has 0 saturated carbocycles. The third kappa shape index (κ3) is 10.5. The Bertz CT molecular complexity index is 4060. The molecule has 0 saturated heterocycles. The van der Waals surface area contributed by atoms with Gasteiger partial charge in [0.2, 0.25) is 5.75 Å². The molecule has 9 aromatic heterocycles. The molecule has 0 N–H and O–H groups in total. The van der Waals surface area contributed by atoms with Crippen molar-refractivity contribution >= 4 is 0 Å². The number of methoxy groups -OCH3 is 3. The minimum absolute atomic E-state index is 0.447. The average Bonchev–Trinajstić information content (AvgIpc) is 1.44. The van der Waals surface area contributed by atoms with E-state index >= 15 is 0 Å². The second kappa shape index (κ2) is 23.4. The molecule has 0 fully saturated rings. The van der Waals surface area contributed by atoms with Crippen molar-refractivity contribution in [2.24, 2.45) is 0 Å². The van der Waals surface area contributed by atoms with Crippen LogP contribution in [0.2, 0.25) is 0 Å². The summed E-state index contributed by atoms with van der Waals surface area (Å²) in [6.45, 7) is 0. The van der Waals surface area contributed by atoms with E-state index in [1.807, 2.05) is 109 Å². The smallest absolute Gasteiger partial charge is 0.204 e. The van der Waals surface area contributed by atoms with Crippen LogP contribution in [0.5, 0.6) is 17.2 Å². The first-order valence-corrected chi connectivity index (χ1v) is 27.2. The van der Waals surface area contributed by atoms with Crippen molar-refractivity contribution in [3.8, 4) is 152 Å². The van der Waals surface area contributed by atoms with Gasteiger partial charge in [0.25, 0.3) is 0 Å². The first-order valence-electron chi connectivity index (χ1n) is 27.2. The van der Waals surface area contributed by atoms with Crippen LogP contribution in [0.3, 0.4) is 0 Å². The first kappa shape index (κ1) is 52.0. The van der Waals surface area contributed by atoms with Gasteiger partial charge in [0.1, 0.15) is 0 Å². The monoisotopic (exact) mass is 1090 g/mol. The van der Waals surface area contributed by atoms with Crippen molar-refractivity contribution < 1.29 is 14.2 Å². The minimum Gasteiger partial charge on any atom is -0.492 e. The lowest BCUT2D eigenvalue weighted by Gasteiger charge is -2.25. The Morgan fingerprint density at radius 1 is 0.202 bits per heavy atom. The molecular formula is C72H51N9O3. The third-order valence-electron chi connectivity index (χ3n) is 14.5. The van der Waals surface area contributed by atoms with Crippen LogP contribution in [0.1, 0.15) is 0 Å². The van der Waals surface area contributed by atoms with E-state index in [9.17, 15) is 0 Å². The molecule has 12 nitrogen and oxygen atoms in total. The molecule has 9 heterocycles. The lowest BCUT2D eigenvalue weighted by atomic mass is 9.84. The molecule has 13 rings (SSSR count). The van der Waals surface area contributed by atoms with Gasteiger partial charge in [0.05, 0.1) is 89.7 Å². The lowest BCUT2D eigenvalue weighted by Crippen LogP contribution is -2.03. The molecule has 13 aromatic rings. The molecule has 0 radical (unpaired) electrons. The van der Waals surface area contributed by atoms with Crippen LogP contribution in [-0.4, -0.2) is 66.2 Å². The van der Waals surface area contributed by atoms with Crippen LogP contribution in [0.4, 0.5) is 0 Å². The van der Waals surface area contributed by atoms with Crippen molar-refractivity contribution in [1.82, 2.24) is 44.9 Å². The maximum Gasteiger partial charge on any atom is 0.204 e. The highest BCUT2D eigenvalue weighted by molar-refractivity contribution is 6.03. The Labute approximate surface area is 486 Å². The zero-order valence-electron chi connectivity index (χ0n) is 46.0. The van der Waals surface area contributed by atoms with Crippen LogP contribution in [0.15, 0.2) is 256 Å². The quantitative estimate of drug-likeness (QED) is 0.0964. The van der Waals surface area contributed by atoms with Crippen molar-refractivity contribution in [1.29, 1.82) is 0 Å². The van der Waals surface area contributed by atoms with E-state index in [0.29, 0.717) is 17.2 Å². The number of nitrogens with zero attached hydrogens (tertiary/aromatic N) is 9. The SMILES string of the molecule is COc1c(OC)c(-c2ccc(-c3cc(-c4ccccn4)nc(-c4ccccn4)c3)cc2)c(-c2ccc(-c3cc(-c4ccccn4)nc(-c4ccccn4)c3)cc2)c(-c2ccc(-c3cc(-c4ccccn4)nc(-c4ccccn4)c3)cc2)c1OC. The van der Waals surface area contributed by atoms with E-state index in [1.54, 1.807) is 58.5 Å². The summed E-state index contributed by atoms with van der Waals surface area (Å²) in [6.07, 6.45) is 10.7. The number of hydrogen-bond acceptors (Lipinski definition) is 12. The van der Waals surface area contributed by atoms with Gasteiger partial charge < -0.3 is 14.2 Å². The predicted molar refractivity (Wildman–Crippen MR) is 331 cm³/mol. The number of aromatic nitrogens is 9. The summed E-state index contributed by atoms with van der Waals surface area (Å²) in [5, 5.41) is 0. The summed E-state index contributed by atoms with van der Waals surface area (Å²) in [5.41, 5.74) is 19.9. The molecule has 0 aliphatic heterocycles. The van der Waals surface area contributed by atoms with Crippen molar-refractivity contribution in [3.05, 3.63) is 256 Å². The van der Waals surface area contributed by atoms with E-state index in [-0.39, 0.29) is 0 Å². The van der Waals surface area contributed by atoms with E-state index in [4.69, 9.17) is 29.2 Å². The number of ether oxygens (including phenoxy) is 3. The Balaban J connectivity index is 0.991. The van der Waals surface area contributed by atoms with Gasteiger partial charge in [-0.15, -0.1) is 0 Å². The Morgan fingerprint density at radius 3 is 0.619 bits per heavy atom. The van der Waals surface area contributed by atoms with E-state index in [0.717, 1.165) is 135 Å². The highest BCUT2D eigenvalue weighted by Crippen LogP contribution is 2.57. The second-order valence-corrected chi connectivity index (χ2v) is 19.6. The highest BCUT2D eigenvalue weighted by atomic mass is 16.5. The maximum atomic E-state index is 6.48. The van der Waals surface area contributed by atoms with Crippen molar-refractivity contribution in [2.45, 2.75) is 0 Å². The van der Waals surface area contributed by atoms with E-state index < -0.39 is 0 Å². The molecule has 0 atom stereocenters. The molecule has 402 valence electrons. The van der Waals surface area contributed by atoms with Crippen LogP contribution in [0.25, 0.3) is 135 Å². The van der Waals surface area contributed by atoms with Crippen LogP contribution in [-0.2, 0) is 0 Å². The molecule has 0 amide bonds. The molecule has 84 heavy (non-hydrogen) atoms. The summed E-state index contributed by atoms with van der Waals surface area (Å²) in [7, 11) is 4.98. The molecule has 0 aliphatic rings. The van der Waals surface area contributed by atoms with Crippen LogP contribution < -0.4 is 14.2 Å².